The van der Waals surface area contributed by atoms with Crippen LogP contribution in [0.3, 0.4) is 0 Å². The topological polar surface area (TPSA) is 0 Å². The van der Waals surface area contributed by atoms with Crippen LogP contribution in [-0.4, -0.2) is 0 Å². The van der Waals surface area contributed by atoms with Crippen LogP contribution in [0.1, 0.15) is 78.1 Å². The number of hydrogen-bond donors (Lipinski definition) is 0. The minimum Gasteiger partial charge on any atom is -0.103 e. The van der Waals surface area contributed by atoms with Crippen molar-refractivity contribution in [2.75, 3.05) is 0 Å². The molecule has 1 unspecified atom stereocenters. The van der Waals surface area contributed by atoms with E-state index in [0.717, 1.165) is 5.92 Å². The number of hydrogen-bond acceptors (Lipinski definition) is 0. The van der Waals surface area contributed by atoms with Gasteiger partial charge in [0.15, 0.2) is 0 Å². The Kier molecular flexibility index (Phi) is 11.6. The van der Waals surface area contributed by atoms with Gasteiger partial charge in [-0.2, -0.15) is 0 Å². The van der Waals surface area contributed by atoms with E-state index in [4.69, 9.17) is 0 Å². The van der Waals surface area contributed by atoms with Crippen molar-refractivity contribution in [1.29, 1.82) is 0 Å². The van der Waals surface area contributed by atoms with Crippen LogP contribution in [0.2, 0.25) is 0 Å². The zero-order valence-electron chi connectivity index (χ0n) is 10.9. The summed E-state index contributed by atoms with van der Waals surface area (Å²) in [4.78, 5) is 0. The maximum absolute atomic E-state index is 3.85. The normalized spacial score (nSPS) is 12.7. The molecular weight excluding hydrogens is 180 g/mol. The molecule has 1 atom stereocenters. The number of rotatable bonds is 11. The third-order valence-corrected chi connectivity index (χ3v) is 3.16. The van der Waals surface area contributed by atoms with Crippen molar-refractivity contribution in [1.82, 2.24) is 0 Å². The van der Waals surface area contributed by atoms with Crippen LogP contribution in [0.25, 0.3) is 0 Å². The summed E-state index contributed by atoms with van der Waals surface area (Å²) in [6, 6.07) is 0. The van der Waals surface area contributed by atoms with Gasteiger partial charge in [-0.05, 0) is 12.3 Å². The Hall–Kier alpha value is -0.260. The maximum atomic E-state index is 3.85. The summed E-state index contributed by atoms with van der Waals surface area (Å²) in [5.74, 6) is 0.915. The molecule has 0 aliphatic carbocycles. The molecule has 0 spiro atoms. The van der Waals surface area contributed by atoms with Gasteiger partial charge in [-0.3, -0.25) is 0 Å². The third kappa shape index (κ3) is 10.0. The summed E-state index contributed by atoms with van der Waals surface area (Å²) in [5, 5.41) is 0. The fourth-order valence-corrected chi connectivity index (χ4v) is 2.24. The van der Waals surface area contributed by atoms with E-state index in [2.05, 4.69) is 26.5 Å². The Morgan fingerprint density at radius 3 is 2.13 bits per heavy atom. The van der Waals surface area contributed by atoms with Crippen molar-refractivity contribution >= 4 is 0 Å². The van der Waals surface area contributed by atoms with Crippen LogP contribution in [0.4, 0.5) is 0 Å². The van der Waals surface area contributed by atoms with Gasteiger partial charge in [0.25, 0.3) is 0 Å². The Morgan fingerprint density at radius 1 is 0.867 bits per heavy atom. The molecule has 0 aromatic heterocycles. The van der Waals surface area contributed by atoms with Gasteiger partial charge in [-0.1, -0.05) is 77.7 Å². The zero-order valence-corrected chi connectivity index (χ0v) is 10.9. The van der Waals surface area contributed by atoms with E-state index >= 15 is 0 Å². The third-order valence-electron chi connectivity index (χ3n) is 3.16. The zero-order chi connectivity index (χ0) is 11.4. The average Bonchev–Trinajstić information content (AvgIpc) is 2.24. The first-order chi connectivity index (χ1) is 7.35. The lowest BCUT2D eigenvalue weighted by Gasteiger charge is -2.13. The molecule has 0 aromatic rings. The molecule has 0 aliphatic heterocycles. The molecule has 0 amide bonds. The molecular formula is C15H30. The van der Waals surface area contributed by atoms with Crippen molar-refractivity contribution in [2.45, 2.75) is 78.1 Å². The van der Waals surface area contributed by atoms with E-state index in [1.807, 2.05) is 0 Å². The summed E-state index contributed by atoms with van der Waals surface area (Å²) in [6.07, 6.45) is 16.0. The number of allylic oxidation sites excluding steroid dienone is 1. The molecule has 0 N–H and O–H groups in total. The summed E-state index contributed by atoms with van der Waals surface area (Å²) in [7, 11) is 0. The molecule has 0 bridgehead atoms. The van der Waals surface area contributed by atoms with Gasteiger partial charge >= 0.3 is 0 Å². The highest BCUT2D eigenvalue weighted by atomic mass is 14.1. The van der Waals surface area contributed by atoms with Crippen molar-refractivity contribution in [3.05, 3.63) is 12.7 Å². The largest absolute Gasteiger partial charge is 0.103 e. The summed E-state index contributed by atoms with van der Waals surface area (Å²) in [6.45, 7) is 8.42. The molecule has 0 aromatic carbocycles. The van der Waals surface area contributed by atoms with Crippen LogP contribution >= 0.6 is 0 Å². The fraction of sp³-hybridized carbons (Fsp3) is 0.867. The maximum Gasteiger partial charge on any atom is -0.0325 e. The summed E-state index contributed by atoms with van der Waals surface area (Å²) in [5.41, 5.74) is 0. The second-order valence-electron chi connectivity index (χ2n) is 4.74. The molecule has 0 heterocycles. The Balaban J connectivity index is 3.32. The first kappa shape index (κ1) is 14.7. The van der Waals surface area contributed by atoms with E-state index in [-0.39, 0.29) is 0 Å². The molecule has 0 radical (unpaired) electrons. The van der Waals surface area contributed by atoms with Crippen LogP contribution in [0.15, 0.2) is 12.7 Å². The van der Waals surface area contributed by atoms with Crippen molar-refractivity contribution < 1.29 is 0 Å². The molecule has 90 valence electrons. The molecule has 0 aliphatic rings. The van der Waals surface area contributed by atoms with Crippen LogP contribution in [-0.2, 0) is 0 Å². The molecule has 0 fully saturated rings. The molecule has 0 heteroatoms. The highest BCUT2D eigenvalue weighted by Crippen LogP contribution is 2.20. The Bertz CT molecular complexity index is 126. The second-order valence-corrected chi connectivity index (χ2v) is 4.74. The van der Waals surface area contributed by atoms with Gasteiger partial charge in [-0.15, -0.1) is 6.58 Å². The second kappa shape index (κ2) is 11.8. The van der Waals surface area contributed by atoms with Crippen LogP contribution in [0, 0.1) is 5.92 Å². The van der Waals surface area contributed by atoms with E-state index in [1.54, 1.807) is 0 Å². The molecule has 0 nitrogen and oxygen atoms in total. The average molecular weight is 210 g/mol. The van der Waals surface area contributed by atoms with Crippen LogP contribution in [0.5, 0.6) is 0 Å². The standard InChI is InChI=1S/C15H30/c1-4-7-8-9-10-11-14-15(12-5-2)13-6-3/h5,15H,2,4,6-14H2,1,3H3. The van der Waals surface area contributed by atoms with Crippen LogP contribution < -0.4 is 0 Å². The molecule has 0 saturated carbocycles. The highest BCUT2D eigenvalue weighted by Gasteiger charge is 2.04. The summed E-state index contributed by atoms with van der Waals surface area (Å²) < 4.78 is 0. The lowest BCUT2D eigenvalue weighted by atomic mass is 9.93. The Labute approximate surface area is 97.2 Å². The van der Waals surface area contributed by atoms with Crippen molar-refractivity contribution in [2.24, 2.45) is 5.92 Å². The van der Waals surface area contributed by atoms with Gasteiger partial charge in [0.1, 0.15) is 0 Å². The first-order valence-corrected chi connectivity index (χ1v) is 6.96. The SMILES string of the molecule is C=CCC(CCC)CCCCCCCC. The van der Waals surface area contributed by atoms with Crippen molar-refractivity contribution in [3.63, 3.8) is 0 Å². The van der Waals surface area contributed by atoms with E-state index in [0.29, 0.717) is 0 Å². The van der Waals surface area contributed by atoms with Gasteiger partial charge < -0.3 is 0 Å². The molecule has 15 heavy (non-hydrogen) atoms. The smallest absolute Gasteiger partial charge is 0.0325 e. The first-order valence-electron chi connectivity index (χ1n) is 6.96. The van der Waals surface area contributed by atoms with Gasteiger partial charge in [0.05, 0.1) is 0 Å². The minimum absolute atomic E-state index is 0.915. The Morgan fingerprint density at radius 2 is 1.53 bits per heavy atom. The molecule has 0 saturated heterocycles. The summed E-state index contributed by atoms with van der Waals surface area (Å²) >= 11 is 0. The molecule has 0 rings (SSSR count). The van der Waals surface area contributed by atoms with Gasteiger partial charge in [0, 0.05) is 0 Å². The lowest BCUT2D eigenvalue weighted by molar-refractivity contribution is 0.423. The monoisotopic (exact) mass is 210 g/mol. The highest BCUT2D eigenvalue weighted by molar-refractivity contribution is 4.72. The number of unbranched alkanes of at least 4 members (excludes halogenated alkanes) is 5. The van der Waals surface area contributed by atoms with Gasteiger partial charge in [0.2, 0.25) is 0 Å². The van der Waals surface area contributed by atoms with Gasteiger partial charge in [-0.25, -0.2) is 0 Å². The quantitative estimate of drug-likeness (QED) is 0.302. The predicted octanol–water partition coefficient (Wildman–Crippen LogP) is 5.73. The lowest BCUT2D eigenvalue weighted by Crippen LogP contribution is -1.98. The minimum atomic E-state index is 0.915. The van der Waals surface area contributed by atoms with E-state index < -0.39 is 0 Å². The van der Waals surface area contributed by atoms with Crippen molar-refractivity contribution in [3.8, 4) is 0 Å². The fourth-order valence-electron chi connectivity index (χ4n) is 2.24. The van der Waals surface area contributed by atoms with E-state index in [1.165, 1.54) is 64.2 Å². The predicted molar refractivity (Wildman–Crippen MR) is 71.2 cm³/mol. The van der Waals surface area contributed by atoms with E-state index in [9.17, 15) is 0 Å².